The lowest BCUT2D eigenvalue weighted by atomic mass is 9.83. The van der Waals surface area contributed by atoms with Gasteiger partial charge in [-0.15, -0.1) is 0 Å². The summed E-state index contributed by atoms with van der Waals surface area (Å²) >= 11 is 0. The van der Waals surface area contributed by atoms with Crippen molar-refractivity contribution in [1.29, 1.82) is 0 Å². The molecule has 0 aliphatic carbocycles. The third-order valence-corrected chi connectivity index (χ3v) is 6.30. The summed E-state index contributed by atoms with van der Waals surface area (Å²) in [5.41, 5.74) is 4.09. The van der Waals surface area contributed by atoms with E-state index in [1.54, 1.807) is 0 Å². The fourth-order valence-corrected chi connectivity index (χ4v) is 4.99. The van der Waals surface area contributed by atoms with Crippen molar-refractivity contribution in [3.05, 3.63) is 83.6 Å². The summed E-state index contributed by atoms with van der Waals surface area (Å²) in [4.78, 5) is 4.97. The van der Waals surface area contributed by atoms with Gasteiger partial charge in [-0.2, -0.15) is 0 Å². The zero-order valence-corrected chi connectivity index (χ0v) is 16.3. The van der Waals surface area contributed by atoms with E-state index >= 15 is 0 Å². The minimum Gasteiger partial charge on any atom is -0.272 e. The van der Waals surface area contributed by atoms with E-state index in [9.17, 15) is 8.42 Å². The molecule has 2 aromatic rings. The molecule has 1 saturated heterocycles. The van der Waals surface area contributed by atoms with Gasteiger partial charge in [-0.25, -0.2) is 8.42 Å². The topological polar surface area (TPSA) is 49.7 Å². The molecule has 5 heteroatoms. The maximum absolute atomic E-state index is 12.5. The first-order chi connectivity index (χ1) is 12.9. The molecule has 1 atom stereocenters. The van der Waals surface area contributed by atoms with Gasteiger partial charge >= 0.3 is 0 Å². The molecule has 2 aliphatic heterocycles. The Morgan fingerprint density at radius 1 is 1.04 bits per heavy atom. The molecule has 27 heavy (non-hydrogen) atoms. The number of sulfonamides is 1. The molecule has 2 aromatic carbocycles. The first-order valence-electron chi connectivity index (χ1n) is 8.99. The van der Waals surface area contributed by atoms with Crippen LogP contribution in [0.4, 0.5) is 0 Å². The van der Waals surface area contributed by atoms with Crippen LogP contribution in [0.15, 0.2) is 77.4 Å². The van der Waals surface area contributed by atoms with Gasteiger partial charge in [-0.05, 0) is 35.8 Å². The average Bonchev–Trinajstić information content (AvgIpc) is 3.17. The molecule has 0 amide bonds. The van der Waals surface area contributed by atoms with Gasteiger partial charge in [0.1, 0.15) is 5.54 Å². The van der Waals surface area contributed by atoms with Gasteiger partial charge in [-0.1, -0.05) is 60.7 Å². The Hall–Kier alpha value is -2.66. The summed E-state index contributed by atoms with van der Waals surface area (Å²) in [6.45, 7) is 2.40. The minimum atomic E-state index is -3.39. The Labute approximate surface area is 160 Å². The molecule has 0 bridgehead atoms. The van der Waals surface area contributed by atoms with Crippen LogP contribution in [0.25, 0.3) is 11.6 Å². The van der Waals surface area contributed by atoms with Gasteiger partial charge < -0.3 is 0 Å². The van der Waals surface area contributed by atoms with Crippen molar-refractivity contribution in [3.8, 4) is 0 Å². The van der Waals surface area contributed by atoms with Crippen LogP contribution in [-0.2, 0) is 10.0 Å². The van der Waals surface area contributed by atoms with Crippen molar-refractivity contribution in [3.63, 3.8) is 0 Å². The molecule has 0 aromatic heterocycles. The standard InChI is InChI=1S/C22H22N2O2S/c1-17-15-20(19-11-7-4-8-12-19)22(23-17)13-14-24(27(2,25)26)21(22)16-18-9-5-3-6-10-18/h3-12,15-16H,13-14H2,1-2H3/b21-16+/t22-/m1/s1. The number of hydrogen-bond acceptors (Lipinski definition) is 3. The molecular formula is C22H22N2O2S. The Balaban J connectivity index is 1.92. The van der Waals surface area contributed by atoms with Crippen LogP contribution in [0.5, 0.6) is 0 Å². The Bertz CT molecular complexity index is 1050. The first kappa shape index (κ1) is 17.7. The van der Waals surface area contributed by atoms with Gasteiger partial charge in [0.15, 0.2) is 0 Å². The number of hydrogen-bond donors (Lipinski definition) is 0. The van der Waals surface area contributed by atoms with E-state index in [4.69, 9.17) is 4.99 Å². The van der Waals surface area contributed by atoms with Gasteiger partial charge in [0.25, 0.3) is 0 Å². The number of benzene rings is 2. The van der Waals surface area contributed by atoms with E-state index in [0.29, 0.717) is 13.0 Å². The Morgan fingerprint density at radius 3 is 2.30 bits per heavy atom. The second-order valence-corrected chi connectivity index (χ2v) is 8.97. The number of allylic oxidation sites excluding steroid dienone is 1. The van der Waals surface area contributed by atoms with Crippen molar-refractivity contribution in [2.75, 3.05) is 12.8 Å². The fourth-order valence-electron chi connectivity index (χ4n) is 4.01. The molecule has 2 aliphatic rings. The highest BCUT2D eigenvalue weighted by Gasteiger charge is 2.50. The van der Waals surface area contributed by atoms with Crippen LogP contribution in [-0.4, -0.2) is 36.8 Å². The van der Waals surface area contributed by atoms with Gasteiger partial charge in [0.2, 0.25) is 10.0 Å². The average molecular weight is 378 g/mol. The predicted octanol–water partition coefficient (Wildman–Crippen LogP) is 3.99. The largest absolute Gasteiger partial charge is 0.272 e. The summed E-state index contributed by atoms with van der Waals surface area (Å²) in [7, 11) is -3.39. The molecule has 1 spiro atoms. The minimum absolute atomic E-state index is 0.429. The van der Waals surface area contributed by atoms with Gasteiger partial charge in [-0.3, -0.25) is 9.30 Å². The van der Waals surface area contributed by atoms with E-state index in [-0.39, 0.29) is 0 Å². The summed E-state index contributed by atoms with van der Waals surface area (Å²) in [5.74, 6) is 0. The molecule has 2 heterocycles. The molecule has 1 fully saturated rings. The lowest BCUT2D eigenvalue weighted by Crippen LogP contribution is -2.32. The second kappa shape index (κ2) is 6.50. The molecule has 138 valence electrons. The quantitative estimate of drug-likeness (QED) is 0.811. The maximum atomic E-state index is 12.5. The summed E-state index contributed by atoms with van der Waals surface area (Å²) in [6.07, 6.45) is 5.95. The van der Waals surface area contributed by atoms with Gasteiger partial charge in [0, 0.05) is 18.7 Å². The number of aliphatic imine (C=N–C) groups is 1. The highest BCUT2D eigenvalue weighted by atomic mass is 32.2. The zero-order chi connectivity index (χ0) is 19.1. The normalized spacial score (nSPS) is 23.8. The van der Waals surface area contributed by atoms with E-state index in [1.165, 1.54) is 10.6 Å². The maximum Gasteiger partial charge on any atom is 0.232 e. The summed E-state index contributed by atoms with van der Waals surface area (Å²) < 4.78 is 26.5. The molecule has 0 unspecified atom stereocenters. The lowest BCUT2D eigenvalue weighted by molar-refractivity contribution is 0.517. The summed E-state index contributed by atoms with van der Waals surface area (Å²) in [5, 5.41) is 0. The van der Waals surface area contributed by atoms with Crippen molar-refractivity contribution >= 4 is 27.4 Å². The second-order valence-electron chi connectivity index (χ2n) is 7.06. The predicted molar refractivity (Wildman–Crippen MR) is 111 cm³/mol. The first-order valence-corrected chi connectivity index (χ1v) is 10.8. The molecule has 0 saturated carbocycles. The van der Waals surface area contributed by atoms with Crippen LogP contribution >= 0.6 is 0 Å². The molecule has 0 N–H and O–H groups in total. The SMILES string of the molecule is CC1=N[C@]2(CCN(S(C)(=O)=O)/C2=C/c2ccccc2)C(c2ccccc2)=C1. The van der Waals surface area contributed by atoms with Crippen molar-refractivity contribution in [1.82, 2.24) is 4.31 Å². The van der Waals surface area contributed by atoms with Crippen LogP contribution in [0.3, 0.4) is 0 Å². The molecule has 4 nitrogen and oxygen atoms in total. The van der Waals surface area contributed by atoms with Crippen LogP contribution in [0, 0.1) is 0 Å². The lowest BCUT2D eigenvalue weighted by Gasteiger charge is -2.29. The molecular weight excluding hydrogens is 356 g/mol. The highest BCUT2D eigenvalue weighted by Crippen LogP contribution is 2.49. The smallest absolute Gasteiger partial charge is 0.232 e. The molecule has 0 radical (unpaired) electrons. The van der Waals surface area contributed by atoms with Crippen LogP contribution < -0.4 is 0 Å². The van der Waals surface area contributed by atoms with E-state index in [1.807, 2.05) is 61.5 Å². The highest BCUT2D eigenvalue weighted by molar-refractivity contribution is 7.88. The Morgan fingerprint density at radius 2 is 1.67 bits per heavy atom. The van der Waals surface area contributed by atoms with Gasteiger partial charge in [0.05, 0.1) is 12.0 Å². The van der Waals surface area contributed by atoms with E-state index < -0.39 is 15.6 Å². The summed E-state index contributed by atoms with van der Waals surface area (Å²) in [6, 6.07) is 19.9. The number of nitrogens with zero attached hydrogens (tertiary/aromatic N) is 2. The van der Waals surface area contributed by atoms with Crippen LogP contribution in [0.2, 0.25) is 0 Å². The molecule has 4 rings (SSSR count). The van der Waals surface area contributed by atoms with Crippen molar-refractivity contribution in [2.24, 2.45) is 4.99 Å². The third-order valence-electron chi connectivity index (χ3n) is 5.12. The van der Waals surface area contributed by atoms with Crippen molar-refractivity contribution in [2.45, 2.75) is 18.9 Å². The Kier molecular flexibility index (Phi) is 4.27. The zero-order valence-electron chi connectivity index (χ0n) is 15.5. The van der Waals surface area contributed by atoms with Crippen molar-refractivity contribution < 1.29 is 8.42 Å². The van der Waals surface area contributed by atoms with E-state index in [2.05, 4.69) is 18.2 Å². The van der Waals surface area contributed by atoms with E-state index in [0.717, 1.165) is 28.1 Å². The van der Waals surface area contributed by atoms with Crippen LogP contribution in [0.1, 0.15) is 24.5 Å². The fraction of sp³-hybridized carbons (Fsp3) is 0.227. The number of rotatable bonds is 3. The monoisotopic (exact) mass is 378 g/mol. The third kappa shape index (κ3) is 3.12.